The SMILES string of the molecule is NCC1CCCCC1C(=O)Nc1nccnn1. The number of rotatable bonds is 3. The number of nitrogens with one attached hydrogen (secondary N) is 1. The van der Waals surface area contributed by atoms with Crippen molar-refractivity contribution in [1.29, 1.82) is 0 Å². The third kappa shape index (κ3) is 2.97. The van der Waals surface area contributed by atoms with E-state index in [-0.39, 0.29) is 23.7 Å². The predicted molar refractivity (Wildman–Crippen MR) is 63.0 cm³/mol. The number of hydrogen-bond donors (Lipinski definition) is 2. The summed E-state index contributed by atoms with van der Waals surface area (Å²) in [4.78, 5) is 16.0. The maximum Gasteiger partial charge on any atom is 0.249 e. The number of carbonyl (C=O) groups is 1. The van der Waals surface area contributed by atoms with E-state index in [0.29, 0.717) is 6.54 Å². The zero-order valence-corrected chi connectivity index (χ0v) is 9.67. The third-order valence-electron chi connectivity index (χ3n) is 3.27. The lowest BCUT2D eigenvalue weighted by atomic mass is 9.79. The van der Waals surface area contributed by atoms with Crippen molar-refractivity contribution in [2.24, 2.45) is 17.6 Å². The van der Waals surface area contributed by atoms with Crippen LogP contribution in [0.3, 0.4) is 0 Å². The first kappa shape index (κ1) is 11.9. The molecule has 6 nitrogen and oxygen atoms in total. The van der Waals surface area contributed by atoms with Crippen LogP contribution < -0.4 is 11.1 Å². The van der Waals surface area contributed by atoms with Gasteiger partial charge >= 0.3 is 0 Å². The molecule has 1 saturated carbocycles. The summed E-state index contributed by atoms with van der Waals surface area (Å²) in [5.74, 6) is 0.491. The van der Waals surface area contributed by atoms with Crippen molar-refractivity contribution in [3.05, 3.63) is 12.4 Å². The highest BCUT2D eigenvalue weighted by atomic mass is 16.2. The fourth-order valence-corrected chi connectivity index (χ4v) is 2.34. The molecule has 0 bridgehead atoms. The average molecular weight is 235 g/mol. The minimum Gasteiger partial charge on any atom is -0.330 e. The third-order valence-corrected chi connectivity index (χ3v) is 3.27. The lowest BCUT2D eigenvalue weighted by Gasteiger charge is -2.29. The number of amides is 1. The Morgan fingerprint density at radius 1 is 1.41 bits per heavy atom. The molecule has 1 aromatic heterocycles. The van der Waals surface area contributed by atoms with E-state index in [9.17, 15) is 4.79 Å². The van der Waals surface area contributed by atoms with Crippen molar-refractivity contribution in [3.63, 3.8) is 0 Å². The minimum atomic E-state index is -0.0341. The van der Waals surface area contributed by atoms with E-state index in [0.717, 1.165) is 25.7 Å². The smallest absolute Gasteiger partial charge is 0.249 e. The highest BCUT2D eigenvalue weighted by molar-refractivity contribution is 5.91. The zero-order chi connectivity index (χ0) is 12.1. The molecular formula is C11H17N5O. The molecule has 0 saturated heterocycles. The van der Waals surface area contributed by atoms with Gasteiger partial charge in [0.15, 0.2) is 0 Å². The summed E-state index contributed by atoms with van der Waals surface area (Å²) in [5.41, 5.74) is 5.70. The fourth-order valence-electron chi connectivity index (χ4n) is 2.34. The Hall–Kier alpha value is -1.56. The first-order valence-electron chi connectivity index (χ1n) is 5.96. The van der Waals surface area contributed by atoms with Gasteiger partial charge in [0.25, 0.3) is 0 Å². The molecule has 0 aliphatic heterocycles. The van der Waals surface area contributed by atoms with Crippen molar-refractivity contribution in [1.82, 2.24) is 15.2 Å². The summed E-state index contributed by atoms with van der Waals surface area (Å²) in [5, 5.41) is 10.1. The Balaban J connectivity index is 1.99. The first-order valence-corrected chi connectivity index (χ1v) is 5.96. The van der Waals surface area contributed by atoms with E-state index in [4.69, 9.17) is 5.73 Å². The molecule has 92 valence electrons. The van der Waals surface area contributed by atoms with Crippen molar-refractivity contribution in [2.45, 2.75) is 25.7 Å². The molecule has 1 aliphatic carbocycles. The molecule has 1 aromatic rings. The van der Waals surface area contributed by atoms with Gasteiger partial charge in [0.05, 0.1) is 12.4 Å². The fraction of sp³-hybridized carbons (Fsp3) is 0.636. The van der Waals surface area contributed by atoms with Gasteiger partial charge in [-0.05, 0) is 25.3 Å². The first-order chi connectivity index (χ1) is 8.31. The minimum absolute atomic E-state index is 0.0162. The number of nitrogens with two attached hydrogens (primary N) is 1. The highest BCUT2D eigenvalue weighted by Crippen LogP contribution is 2.29. The molecule has 1 amide bonds. The van der Waals surface area contributed by atoms with Crippen LogP contribution in [0.2, 0.25) is 0 Å². The normalized spacial score (nSPS) is 24.3. The van der Waals surface area contributed by atoms with Crippen molar-refractivity contribution in [2.75, 3.05) is 11.9 Å². The molecule has 1 aliphatic rings. The molecule has 2 atom stereocenters. The van der Waals surface area contributed by atoms with Crippen LogP contribution >= 0.6 is 0 Å². The molecule has 2 unspecified atom stereocenters. The number of anilines is 1. The second-order valence-electron chi connectivity index (χ2n) is 4.34. The van der Waals surface area contributed by atoms with Crippen LogP contribution in [-0.2, 0) is 4.79 Å². The molecule has 6 heteroatoms. The van der Waals surface area contributed by atoms with Crippen LogP contribution in [0.4, 0.5) is 5.95 Å². The standard InChI is InChI=1S/C11H17N5O/c12-7-8-3-1-2-4-9(8)10(17)15-11-13-5-6-14-16-11/h5-6,8-9H,1-4,7,12H2,(H,13,15,16,17). The van der Waals surface area contributed by atoms with Crippen molar-refractivity contribution in [3.8, 4) is 0 Å². The zero-order valence-electron chi connectivity index (χ0n) is 9.67. The summed E-state index contributed by atoms with van der Waals surface area (Å²) < 4.78 is 0. The van der Waals surface area contributed by atoms with E-state index >= 15 is 0 Å². The van der Waals surface area contributed by atoms with E-state index in [2.05, 4.69) is 20.5 Å². The quantitative estimate of drug-likeness (QED) is 0.799. The van der Waals surface area contributed by atoms with Crippen molar-refractivity contribution >= 4 is 11.9 Å². The molecule has 0 spiro atoms. The second-order valence-corrected chi connectivity index (χ2v) is 4.34. The molecule has 0 aromatic carbocycles. The second kappa shape index (κ2) is 5.67. The van der Waals surface area contributed by atoms with Crippen LogP contribution in [0.1, 0.15) is 25.7 Å². The largest absolute Gasteiger partial charge is 0.330 e. The van der Waals surface area contributed by atoms with E-state index in [1.807, 2.05) is 0 Å². The molecule has 17 heavy (non-hydrogen) atoms. The number of aromatic nitrogens is 3. The van der Waals surface area contributed by atoms with Crippen LogP contribution in [-0.4, -0.2) is 27.6 Å². The number of hydrogen-bond acceptors (Lipinski definition) is 5. The highest BCUT2D eigenvalue weighted by Gasteiger charge is 2.30. The van der Waals surface area contributed by atoms with Crippen LogP contribution in [0.5, 0.6) is 0 Å². The number of nitrogens with zero attached hydrogens (tertiary/aromatic N) is 3. The Labute approximate surface area is 100 Å². The Kier molecular flexibility index (Phi) is 3.98. The average Bonchev–Trinajstić information content (AvgIpc) is 2.40. The van der Waals surface area contributed by atoms with E-state index in [1.165, 1.54) is 12.4 Å². The Bertz CT molecular complexity index is 369. The van der Waals surface area contributed by atoms with Gasteiger partial charge in [-0.2, -0.15) is 5.10 Å². The lowest BCUT2D eigenvalue weighted by molar-refractivity contribution is -0.122. The van der Waals surface area contributed by atoms with Gasteiger partial charge in [-0.25, -0.2) is 4.98 Å². The lowest BCUT2D eigenvalue weighted by Crippen LogP contribution is -2.36. The Morgan fingerprint density at radius 3 is 2.94 bits per heavy atom. The number of carbonyl (C=O) groups excluding carboxylic acids is 1. The molecule has 0 radical (unpaired) electrons. The van der Waals surface area contributed by atoms with Gasteiger partial charge in [0.1, 0.15) is 0 Å². The molecule has 1 heterocycles. The molecular weight excluding hydrogens is 218 g/mol. The maximum absolute atomic E-state index is 12.1. The maximum atomic E-state index is 12.1. The van der Waals surface area contributed by atoms with Crippen molar-refractivity contribution < 1.29 is 4.79 Å². The molecule has 1 fully saturated rings. The van der Waals surface area contributed by atoms with Gasteiger partial charge in [0, 0.05) is 5.92 Å². The van der Waals surface area contributed by atoms with Crippen LogP contribution in [0, 0.1) is 11.8 Å². The van der Waals surface area contributed by atoms with E-state index < -0.39 is 0 Å². The van der Waals surface area contributed by atoms with Gasteiger partial charge in [0.2, 0.25) is 11.9 Å². The topological polar surface area (TPSA) is 93.8 Å². The summed E-state index contributed by atoms with van der Waals surface area (Å²) >= 11 is 0. The van der Waals surface area contributed by atoms with E-state index in [1.54, 1.807) is 0 Å². The Morgan fingerprint density at radius 2 is 2.24 bits per heavy atom. The van der Waals surface area contributed by atoms with Crippen LogP contribution in [0.25, 0.3) is 0 Å². The van der Waals surface area contributed by atoms with Gasteiger partial charge in [-0.3, -0.25) is 10.1 Å². The summed E-state index contributed by atoms with van der Waals surface area (Å²) in [6.45, 7) is 0.561. The van der Waals surface area contributed by atoms with Crippen LogP contribution in [0.15, 0.2) is 12.4 Å². The summed E-state index contributed by atoms with van der Waals surface area (Å²) in [6.07, 6.45) is 7.15. The monoisotopic (exact) mass is 235 g/mol. The summed E-state index contributed by atoms with van der Waals surface area (Å²) in [6, 6.07) is 0. The molecule has 2 rings (SSSR count). The summed E-state index contributed by atoms with van der Waals surface area (Å²) in [7, 11) is 0. The van der Waals surface area contributed by atoms with Gasteiger partial charge in [-0.15, -0.1) is 5.10 Å². The van der Waals surface area contributed by atoms with Gasteiger partial charge in [-0.1, -0.05) is 12.8 Å². The molecule has 3 N–H and O–H groups in total. The van der Waals surface area contributed by atoms with Gasteiger partial charge < -0.3 is 5.73 Å². The predicted octanol–water partition coefficient (Wildman–Crippen LogP) is 0.575.